The Morgan fingerprint density at radius 1 is 1.44 bits per heavy atom. The van der Waals surface area contributed by atoms with Gasteiger partial charge in [-0.1, -0.05) is 11.6 Å². The molecule has 0 aliphatic carbocycles. The van der Waals surface area contributed by atoms with Gasteiger partial charge in [0, 0.05) is 12.1 Å². The number of hydrogen-bond acceptors (Lipinski definition) is 3. The molecule has 0 spiro atoms. The van der Waals surface area contributed by atoms with Gasteiger partial charge in [0.15, 0.2) is 6.10 Å². The van der Waals surface area contributed by atoms with Crippen molar-refractivity contribution in [2.75, 3.05) is 7.05 Å². The Bertz CT molecular complexity index is 468. The number of urea groups is 1. The van der Waals surface area contributed by atoms with Crippen molar-refractivity contribution in [1.82, 2.24) is 10.6 Å². The number of carbonyl (C=O) groups excluding carboxylic acids is 2. The summed E-state index contributed by atoms with van der Waals surface area (Å²) in [7, 11) is 1.42. The van der Waals surface area contributed by atoms with E-state index in [1.165, 1.54) is 7.05 Å². The number of hydrogen-bond donors (Lipinski definition) is 2. The fourth-order valence-electron chi connectivity index (χ4n) is 1.09. The van der Waals surface area contributed by atoms with Crippen LogP contribution in [-0.4, -0.2) is 25.1 Å². The second kappa shape index (κ2) is 6.61. The van der Waals surface area contributed by atoms with Gasteiger partial charge in [-0.25, -0.2) is 4.79 Å². The fraction of sp³-hybridized carbons (Fsp3) is 0.273. The lowest BCUT2D eigenvalue weighted by molar-refractivity contribution is -0.126. The molecule has 7 heteroatoms. The van der Waals surface area contributed by atoms with Gasteiger partial charge in [-0.15, -0.1) is 0 Å². The van der Waals surface area contributed by atoms with Gasteiger partial charge < -0.3 is 10.1 Å². The summed E-state index contributed by atoms with van der Waals surface area (Å²) < 4.78 is 6.04. The van der Waals surface area contributed by atoms with E-state index in [1.54, 1.807) is 25.1 Å². The van der Waals surface area contributed by atoms with Crippen LogP contribution in [0.2, 0.25) is 5.02 Å². The lowest BCUT2D eigenvalue weighted by Crippen LogP contribution is -2.43. The summed E-state index contributed by atoms with van der Waals surface area (Å²) in [5, 5.41) is 4.96. The number of imide groups is 1. The molecule has 98 valence electrons. The first-order valence-corrected chi connectivity index (χ1v) is 6.25. The molecule has 0 bridgehead atoms. The Labute approximate surface area is 118 Å². The van der Waals surface area contributed by atoms with E-state index < -0.39 is 18.0 Å². The molecule has 0 saturated heterocycles. The van der Waals surface area contributed by atoms with Crippen LogP contribution in [-0.2, 0) is 4.79 Å². The Kier molecular flexibility index (Phi) is 5.43. The van der Waals surface area contributed by atoms with E-state index >= 15 is 0 Å². The molecule has 2 N–H and O–H groups in total. The van der Waals surface area contributed by atoms with Crippen LogP contribution in [0, 0.1) is 0 Å². The molecule has 1 aromatic rings. The highest BCUT2D eigenvalue weighted by atomic mass is 79.9. The van der Waals surface area contributed by atoms with Crippen molar-refractivity contribution in [3.05, 3.63) is 27.7 Å². The van der Waals surface area contributed by atoms with Gasteiger partial charge in [-0.2, -0.15) is 0 Å². The molecule has 5 nitrogen and oxygen atoms in total. The fourth-order valence-corrected chi connectivity index (χ4v) is 1.87. The predicted molar refractivity (Wildman–Crippen MR) is 71.8 cm³/mol. The summed E-state index contributed by atoms with van der Waals surface area (Å²) in [5.74, 6) is -0.0600. The highest BCUT2D eigenvalue weighted by Gasteiger charge is 2.17. The van der Waals surface area contributed by atoms with E-state index in [0.717, 1.165) is 0 Å². The molecule has 0 aliphatic rings. The molecule has 1 atom stereocenters. The Hall–Kier alpha value is -1.27. The van der Waals surface area contributed by atoms with Crippen molar-refractivity contribution in [3.63, 3.8) is 0 Å². The van der Waals surface area contributed by atoms with Crippen LogP contribution in [0.3, 0.4) is 0 Å². The standard InChI is InChI=1S/C11H12BrClN2O3/c1-6(10(16)15-11(17)14-2)18-9-4-3-7(13)5-8(9)12/h3-6H,1-2H3,(H2,14,15,16,17)/t6-/m0/s1. The largest absolute Gasteiger partial charge is 0.480 e. The third-order valence-corrected chi connectivity index (χ3v) is 2.89. The average Bonchev–Trinajstić information content (AvgIpc) is 2.32. The number of ether oxygens (including phenoxy) is 1. The second-order valence-electron chi connectivity index (χ2n) is 3.40. The van der Waals surface area contributed by atoms with Crippen molar-refractivity contribution < 1.29 is 14.3 Å². The summed E-state index contributed by atoms with van der Waals surface area (Å²) in [6.45, 7) is 1.54. The minimum Gasteiger partial charge on any atom is -0.480 e. The number of carbonyl (C=O) groups is 2. The first kappa shape index (κ1) is 14.8. The normalized spacial score (nSPS) is 11.6. The highest BCUT2D eigenvalue weighted by molar-refractivity contribution is 9.10. The molecule has 0 unspecified atom stereocenters. The van der Waals surface area contributed by atoms with Gasteiger partial charge in [-0.05, 0) is 41.1 Å². The van der Waals surface area contributed by atoms with Gasteiger partial charge in [0.2, 0.25) is 0 Å². The van der Waals surface area contributed by atoms with Crippen molar-refractivity contribution in [2.45, 2.75) is 13.0 Å². The first-order valence-electron chi connectivity index (χ1n) is 5.08. The van der Waals surface area contributed by atoms with Crippen LogP contribution >= 0.6 is 27.5 Å². The number of amides is 3. The van der Waals surface area contributed by atoms with Crippen LogP contribution in [0.25, 0.3) is 0 Å². The molecular formula is C11H12BrClN2O3. The van der Waals surface area contributed by atoms with Crippen molar-refractivity contribution in [3.8, 4) is 5.75 Å². The average molecular weight is 336 g/mol. The zero-order chi connectivity index (χ0) is 13.7. The van der Waals surface area contributed by atoms with Crippen molar-refractivity contribution in [2.24, 2.45) is 0 Å². The van der Waals surface area contributed by atoms with Crippen LogP contribution in [0.5, 0.6) is 5.75 Å². The van der Waals surface area contributed by atoms with Gasteiger partial charge in [-0.3, -0.25) is 10.1 Å². The van der Waals surface area contributed by atoms with E-state index in [1.807, 2.05) is 0 Å². The van der Waals surface area contributed by atoms with Gasteiger partial charge in [0.1, 0.15) is 5.75 Å². The van der Waals surface area contributed by atoms with Crippen LogP contribution in [0.4, 0.5) is 4.79 Å². The lowest BCUT2D eigenvalue weighted by Gasteiger charge is -2.15. The smallest absolute Gasteiger partial charge is 0.321 e. The zero-order valence-electron chi connectivity index (χ0n) is 9.79. The van der Waals surface area contributed by atoms with Crippen molar-refractivity contribution >= 4 is 39.5 Å². The molecule has 18 heavy (non-hydrogen) atoms. The van der Waals surface area contributed by atoms with E-state index in [4.69, 9.17) is 16.3 Å². The molecule has 3 amide bonds. The minimum absolute atomic E-state index is 0.471. The van der Waals surface area contributed by atoms with E-state index in [-0.39, 0.29) is 0 Å². The highest BCUT2D eigenvalue weighted by Crippen LogP contribution is 2.28. The number of benzene rings is 1. The molecule has 0 fully saturated rings. The van der Waals surface area contributed by atoms with E-state index in [0.29, 0.717) is 15.2 Å². The van der Waals surface area contributed by atoms with Crippen molar-refractivity contribution in [1.29, 1.82) is 0 Å². The molecule has 0 saturated carbocycles. The summed E-state index contributed by atoms with van der Waals surface area (Å²) in [6.07, 6.45) is -0.806. The number of halogens is 2. The van der Waals surface area contributed by atoms with Gasteiger partial charge >= 0.3 is 6.03 Å². The summed E-state index contributed by atoms with van der Waals surface area (Å²) >= 11 is 9.05. The third kappa shape index (κ3) is 4.19. The minimum atomic E-state index is -0.806. The quantitative estimate of drug-likeness (QED) is 0.891. The topological polar surface area (TPSA) is 67.4 Å². The number of rotatable bonds is 3. The lowest BCUT2D eigenvalue weighted by atomic mass is 10.3. The molecule has 0 heterocycles. The molecule has 0 aromatic heterocycles. The summed E-state index contributed by atoms with van der Waals surface area (Å²) in [5.41, 5.74) is 0. The summed E-state index contributed by atoms with van der Waals surface area (Å²) in [6, 6.07) is 4.35. The Morgan fingerprint density at radius 2 is 2.11 bits per heavy atom. The molecule has 0 radical (unpaired) electrons. The van der Waals surface area contributed by atoms with Gasteiger partial charge in [0.25, 0.3) is 5.91 Å². The molecule has 0 aliphatic heterocycles. The van der Waals surface area contributed by atoms with Crippen LogP contribution < -0.4 is 15.4 Å². The predicted octanol–water partition coefficient (Wildman–Crippen LogP) is 2.33. The molecule has 1 rings (SSSR count). The van der Waals surface area contributed by atoms with Crippen LogP contribution in [0.15, 0.2) is 22.7 Å². The van der Waals surface area contributed by atoms with Gasteiger partial charge in [0.05, 0.1) is 4.47 Å². The summed E-state index contributed by atoms with van der Waals surface area (Å²) in [4.78, 5) is 22.5. The monoisotopic (exact) mass is 334 g/mol. The number of nitrogens with one attached hydrogen (secondary N) is 2. The maximum Gasteiger partial charge on any atom is 0.321 e. The zero-order valence-corrected chi connectivity index (χ0v) is 12.1. The molecule has 1 aromatic carbocycles. The second-order valence-corrected chi connectivity index (χ2v) is 4.69. The Balaban J connectivity index is 2.66. The maximum atomic E-state index is 11.6. The van der Waals surface area contributed by atoms with E-state index in [2.05, 4.69) is 26.6 Å². The molecular weight excluding hydrogens is 323 g/mol. The van der Waals surface area contributed by atoms with Crippen LogP contribution in [0.1, 0.15) is 6.92 Å². The maximum absolute atomic E-state index is 11.6. The van der Waals surface area contributed by atoms with E-state index in [9.17, 15) is 9.59 Å². The SMILES string of the molecule is CNC(=O)NC(=O)[C@H](C)Oc1ccc(Cl)cc1Br. The third-order valence-electron chi connectivity index (χ3n) is 2.03. The Morgan fingerprint density at radius 3 is 2.67 bits per heavy atom. The first-order chi connectivity index (χ1) is 8.43.